The average Bonchev–Trinajstić information content (AvgIpc) is 2.57. The maximum Gasteiger partial charge on any atom is 0.338 e. The molecule has 132 valence electrons. The molecule has 2 rings (SSSR count). The molecule has 25 heavy (non-hydrogen) atoms. The first-order valence-electron chi connectivity index (χ1n) is 7.31. The van der Waals surface area contributed by atoms with E-state index in [4.69, 9.17) is 32.7 Å². The van der Waals surface area contributed by atoms with Crippen molar-refractivity contribution in [1.82, 2.24) is 4.98 Å². The highest BCUT2D eigenvalue weighted by Crippen LogP contribution is 2.22. The van der Waals surface area contributed by atoms with Crippen LogP contribution in [0.2, 0.25) is 10.0 Å². The Kier molecular flexibility index (Phi) is 6.75. The van der Waals surface area contributed by atoms with Crippen LogP contribution in [0.5, 0.6) is 0 Å². The second kappa shape index (κ2) is 8.80. The first-order chi connectivity index (χ1) is 11.9. The van der Waals surface area contributed by atoms with Gasteiger partial charge >= 0.3 is 5.97 Å². The number of esters is 1. The summed E-state index contributed by atoms with van der Waals surface area (Å²) < 4.78 is 10.2. The number of pyridine rings is 1. The quantitative estimate of drug-likeness (QED) is 0.770. The van der Waals surface area contributed by atoms with Crippen molar-refractivity contribution in [2.45, 2.75) is 19.6 Å². The van der Waals surface area contributed by atoms with Gasteiger partial charge in [-0.15, -0.1) is 0 Å². The van der Waals surface area contributed by atoms with Crippen molar-refractivity contribution < 1.29 is 19.1 Å². The number of methoxy groups -OCH3 is 1. The molecule has 2 aromatic rings. The van der Waals surface area contributed by atoms with Crippen molar-refractivity contribution in [2.24, 2.45) is 0 Å². The molecule has 8 heteroatoms. The van der Waals surface area contributed by atoms with Gasteiger partial charge in [-0.2, -0.15) is 0 Å². The molecular formula is C17H16Cl2N2O4. The van der Waals surface area contributed by atoms with Gasteiger partial charge in [-0.05, 0) is 30.7 Å². The number of hydrogen-bond donors (Lipinski definition) is 1. The maximum absolute atomic E-state index is 12.2. The second-order valence-electron chi connectivity index (χ2n) is 5.15. The Balaban J connectivity index is 2.00. The molecule has 0 saturated heterocycles. The average molecular weight is 383 g/mol. The molecule has 1 aromatic carbocycles. The lowest BCUT2D eigenvalue weighted by Gasteiger charge is -2.14. The summed E-state index contributed by atoms with van der Waals surface area (Å²) in [6.45, 7) is 1.83. The lowest BCUT2D eigenvalue weighted by Crippen LogP contribution is -2.30. The van der Waals surface area contributed by atoms with Gasteiger partial charge in [0.25, 0.3) is 5.91 Å². The van der Waals surface area contributed by atoms with Crippen LogP contribution < -0.4 is 5.32 Å². The summed E-state index contributed by atoms with van der Waals surface area (Å²) in [6.07, 6.45) is 0.313. The second-order valence-corrected chi connectivity index (χ2v) is 6.00. The molecule has 6 nitrogen and oxygen atoms in total. The predicted molar refractivity (Wildman–Crippen MR) is 94.9 cm³/mol. The molecule has 0 bridgehead atoms. The van der Waals surface area contributed by atoms with Crippen LogP contribution in [0.25, 0.3) is 0 Å². The largest absolute Gasteiger partial charge is 0.449 e. The summed E-state index contributed by atoms with van der Waals surface area (Å²) in [4.78, 5) is 28.2. The highest BCUT2D eigenvalue weighted by molar-refractivity contribution is 6.36. The fourth-order valence-electron chi connectivity index (χ4n) is 1.96. The molecule has 1 N–H and O–H groups in total. The standard InChI is InChI=1S/C17H16Cl2N2O4/c1-10(16(22)21-15-14(19)7-13(18)8-20-15)25-17(23)12-5-3-4-11(6-12)9-24-2/h3-8,10H,9H2,1-2H3,(H,20,21,22)/t10-/m1/s1. The summed E-state index contributed by atoms with van der Waals surface area (Å²) in [6, 6.07) is 8.24. The van der Waals surface area contributed by atoms with E-state index in [1.807, 2.05) is 6.07 Å². The Hall–Kier alpha value is -2.15. The van der Waals surface area contributed by atoms with Crippen molar-refractivity contribution in [2.75, 3.05) is 12.4 Å². The van der Waals surface area contributed by atoms with Crippen LogP contribution >= 0.6 is 23.2 Å². The number of amides is 1. The summed E-state index contributed by atoms with van der Waals surface area (Å²) >= 11 is 11.7. The molecule has 0 aliphatic carbocycles. The van der Waals surface area contributed by atoms with Gasteiger partial charge in [-0.25, -0.2) is 9.78 Å². The number of rotatable bonds is 6. The van der Waals surface area contributed by atoms with Gasteiger partial charge in [-0.3, -0.25) is 4.79 Å². The van der Waals surface area contributed by atoms with Gasteiger partial charge in [0.05, 0.1) is 22.2 Å². The smallest absolute Gasteiger partial charge is 0.338 e. The SMILES string of the molecule is COCc1cccc(C(=O)O[C@H](C)C(=O)Nc2ncc(Cl)cc2Cl)c1. The monoisotopic (exact) mass is 382 g/mol. The maximum atomic E-state index is 12.2. The molecule has 1 amide bonds. The molecule has 0 unspecified atom stereocenters. The van der Waals surface area contributed by atoms with Crippen LogP contribution in [0.1, 0.15) is 22.8 Å². The molecule has 1 atom stereocenters. The van der Waals surface area contributed by atoms with Crippen molar-refractivity contribution in [3.63, 3.8) is 0 Å². The first-order valence-corrected chi connectivity index (χ1v) is 8.07. The van der Waals surface area contributed by atoms with Crippen LogP contribution in [0.15, 0.2) is 36.5 Å². The Bertz CT molecular complexity index is 783. The zero-order chi connectivity index (χ0) is 18.4. The number of nitrogens with zero attached hydrogens (tertiary/aromatic N) is 1. The number of nitrogens with one attached hydrogen (secondary N) is 1. The number of carbonyl (C=O) groups excluding carboxylic acids is 2. The molecule has 1 heterocycles. The van der Waals surface area contributed by atoms with E-state index in [-0.39, 0.29) is 10.8 Å². The first kappa shape index (κ1) is 19.2. The van der Waals surface area contributed by atoms with E-state index in [0.717, 1.165) is 5.56 Å². The Morgan fingerprint density at radius 2 is 2.04 bits per heavy atom. The third-order valence-electron chi connectivity index (χ3n) is 3.18. The molecular weight excluding hydrogens is 367 g/mol. The molecule has 0 aliphatic rings. The molecule has 0 saturated carbocycles. The van der Waals surface area contributed by atoms with Gasteiger partial charge < -0.3 is 14.8 Å². The summed E-state index contributed by atoms with van der Waals surface area (Å²) in [7, 11) is 1.56. The lowest BCUT2D eigenvalue weighted by molar-refractivity contribution is -0.123. The highest BCUT2D eigenvalue weighted by atomic mass is 35.5. The molecule has 1 aromatic heterocycles. The van der Waals surface area contributed by atoms with Gasteiger partial charge in [0.2, 0.25) is 0 Å². The number of ether oxygens (including phenoxy) is 2. The minimum absolute atomic E-state index is 0.140. The number of benzene rings is 1. The van der Waals surface area contributed by atoms with Gasteiger partial charge in [-0.1, -0.05) is 35.3 Å². The fourth-order valence-corrected chi connectivity index (χ4v) is 2.39. The summed E-state index contributed by atoms with van der Waals surface area (Å²) in [5, 5.41) is 3.02. The van der Waals surface area contributed by atoms with E-state index >= 15 is 0 Å². The fraction of sp³-hybridized carbons (Fsp3) is 0.235. The van der Waals surface area contributed by atoms with Crippen LogP contribution in [0.4, 0.5) is 5.82 Å². The number of halogens is 2. The zero-order valence-electron chi connectivity index (χ0n) is 13.6. The van der Waals surface area contributed by atoms with Crippen molar-refractivity contribution in [3.8, 4) is 0 Å². The highest BCUT2D eigenvalue weighted by Gasteiger charge is 2.20. The van der Waals surface area contributed by atoms with Crippen molar-refractivity contribution in [1.29, 1.82) is 0 Å². The molecule has 0 radical (unpaired) electrons. The van der Waals surface area contributed by atoms with E-state index in [1.54, 1.807) is 25.3 Å². The lowest BCUT2D eigenvalue weighted by atomic mass is 10.1. The van der Waals surface area contributed by atoms with Crippen LogP contribution in [-0.2, 0) is 20.9 Å². The van der Waals surface area contributed by atoms with Crippen molar-refractivity contribution >= 4 is 40.9 Å². The van der Waals surface area contributed by atoms with Gasteiger partial charge in [0, 0.05) is 13.3 Å². The Morgan fingerprint density at radius 3 is 2.72 bits per heavy atom. The Morgan fingerprint density at radius 1 is 1.28 bits per heavy atom. The molecule has 0 spiro atoms. The Labute approximate surface area is 155 Å². The van der Waals surface area contributed by atoms with Gasteiger partial charge in [0.1, 0.15) is 0 Å². The van der Waals surface area contributed by atoms with Crippen molar-refractivity contribution in [3.05, 3.63) is 57.7 Å². The summed E-state index contributed by atoms with van der Waals surface area (Å²) in [5.41, 5.74) is 1.16. The minimum atomic E-state index is -1.04. The predicted octanol–water partition coefficient (Wildman–Crippen LogP) is 3.72. The summed E-state index contributed by atoms with van der Waals surface area (Å²) in [5.74, 6) is -1.03. The number of aromatic nitrogens is 1. The van der Waals surface area contributed by atoms with Crippen LogP contribution in [0, 0.1) is 0 Å². The normalized spacial score (nSPS) is 11.7. The molecule has 0 aliphatic heterocycles. The van der Waals surface area contributed by atoms with Crippen LogP contribution in [0.3, 0.4) is 0 Å². The van der Waals surface area contributed by atoms with E-state index in [2.05, 4.69) is 10.3 Å². The molecule has 0 fully saturated rings. The van der Waals surface area contributed by atoms with Gasteiger partial charge in [0.15, 0.2) is 11.9 Å². The van der Waals surface area contributed by atoms with E-state index < -0.39 is 18.0 Å². The van der Waals surface area contributed by atoms with E-state index in [1.165, 1.54) is 19.2 Å². The third-order valence-corrected chi connectivity index (χ3v) is 3.67. The van der Waals surface area contributed by atoms with Crippen LogP contribution in [-0.4, -0.2) is 30.1 Å². The van der Waals surface area contributed by atoms with E-state index in [9.17, 15) is 9.59 Å². The zero-order valence-corrected chi connectivity index (χ0v) is 15.1. The number of carbonyl (C=O) groups is 2. The minimum Gasteiger partial charge on any atom is -0.449 e. The third kappa shape index (κ3) is 5.42. The van der Waals surface area contributed by atoms with E-state index in [0.29, 0.717) is 17.2 Å². The number of hydrogen-bond acceptors (Lipinski definition) is 5. The topological polar surface area (TPSA) is 77.5 Å². The number of anilines is 1.